The maximum atomic E-state index is 12.8. The fourth-order valence-corrected chi connectivity index (χ4v) is 4.16. The van der Waals surface area contributed by atoms with E-state index in [-0.39, 0.29) is 10.6 Å². The van der Waals surface area contributed by atoms with Crippen molar-refractivity contribution < 1.29 is 18.1 Å². The summed E-state index contributed by atoms with van der Waals surface area (Å²) in [5.41, 5.74) is 0.705. The van der Waals surface area contributed by atoms with Gasteiger partial charge in [-0.25, -0.2) is 13.1 Å². The first-order valence-corrected chi connectivity index (χ1v) is 10.1. The van der Waals surface area contributed by atoms with Crippen LogP contribution in [0.15, 0.2) is 59.5 Å². The SMILES string of the molecule is O=[N+]([O-])c1ccc(S(=O)(=O)NC(CN2CCOCC2)c2ccccc2)cc1. The van der Waals surface area contributed by atoms with Gasteiger partial charge in [0.25, 0.3) is 5.69 Å². The van der Waals surface area contributed by atoms with Gasteiger partial charge in [0.15, 0.2) is 0 Å². The Labute approximate surface area is 158 Å². The third kappa shape index (κ3) is 5.10. The van der Waals surface area contributed by atoms with Crippen LogP contribution in [0.4, 0.5) is 5.69 Å². The maximum absolute atomic E-state index is 12.8. The number of benzene rings is 2. The van der Waals surface area contributed by atoms with Crippen LogP contribution in [0.25, 0.3) is 0 Å². The lowest BCUT2D eigenvalue weighted by Crippen LogP contribution is -2.43. The summed E-state index contributed by atoms with van der Waals surface area (Å²) in [6.45, 7) is 3.23. The number of nitro benzene ring substituents is 1. The maximum Gasteiger partial charge on any atom is 0.269 e. The molecule has 0 radical (unpaired) electrons. The molecule has 3 rings (SSSR count). The van der Waals surface area contributed by atoms with Crippen LogP contribution in [0.2, 0.25) is 0 Å². The Bertz CT molecular complexity index is 866. The Hall–Kier alpha value is -2.33. The molecule has 8 nitrogen and oxygen atoms in total. The minimum Gasteiger partial charge on any atom is -0.379 e. The van der Waals surface area contributed by atoms with Gasteiger partial charge >= 0.3 is 0 Å². The molecule has 2 aromatic carbocycles. The number of nitro groups is 1. The van der Waals surface area contributed by atoms with Gasteiger partial charge in [0.05, 0.1) is 29.1 Å². The average molecular weight is 391 g/mol. The van der Waals surface area contributed by atoms with E-state index >= 15 is 0 Å². The molecule has 0 bridgehead atoms. The minimum atomic E-state index is -3.83. The number of morpholine rings is 1. The molecule has 27 heavy (non-hydrogen) atoms. The van der Waals surface area contributed by atoms with Gasteiger partial charge < -0.3 is 4.74 Å². The van der Waals surface area contributed by atoms with E-state index in [0.29, 0.717) is 19.8 Å². The molecule has 2 aromatic rings. The number of hydrogen-bond donors (Lipinski definition) is 1. The van der Waals surface area contributed by atoms with Crippen LogP contribution in [0.3, 0.4) is 0 Å². The van der Waals surface area contributed by atoms with E-state index in [4.69, 9.17) is 4.74 Å². The monoisotopic (exact) mass is 391 g/mol. The number of ether oxygens (including phenoxy) is 1. The van der Waals surface area contributed by atoms with Crippen LogP contribution in [0.1, 0.15) is 11.6 Å². The molecule has 1 fully saturated rings. The van der Waals surface area contributed by atoms with E-state index in [9.17, 15) is 18.5 Å². The molecular formula is C18H21N3O5S. The van der Waals surface area contributed by atoms with Gasteiger partial charge in [0.2, 0.25) is 10.0 Å². The molecule has 9 heteroatoms. The summed E-state index contributed by atoms with van der Waals surface area (Å²) in [6, 6.07) is 13.8. The van der Waals surface area contributed by atoms with Crippen molar-refractivity contribution in [1.29, 1.82) is 0 Å². The van der Waals surface area contributed by atoms with Crippen molar-refractivity contribution in [2.75, 3.05) is 32.8 Å². The Balaban J connectivity index is 1.82. The van der Waals surface area contributed by atoms with Crippen LogP contribution < -0.4 is 4.72 Å². The van der Waals surface area contributed by atoms with Crippen LogP contribution in [0.5, 0.6) is 0 Å². The second kappa shape index (κ2) is 8.57. The summed E-state index contributed by atoms with van der Waals surface area (Å²) in [5, 5.41) is 10.8. The Morgan fingerprint density at radius 2 is 1.70 bits per heavy atom. The smallest absolute Gasteiger partial charge is 0.269 e. The van der Waals surface area contributed by atoms with Gasteiger partial charge in [0.1, 0.15) is 0 Å². The predicted octanol–water partition coefficient (Wildman–Crippen LogP) is 1.95. The summed E-state index contributed by atoms with van der Waals surface area (Å²) < 4.78 is 33.7. The zero-order valence-corrected chi connectivity index (χ0v) is 15.5. The third-order valence-electron chi connectivity index (χ3n) is 4.40. The minimum absolute atomic E-state index is 0.00370. The Morgan fingerprint density at radius 3 is 2.30 bits per heavy atom. The molecular weight excluding hydrogens is 370 g/mol. The number of non-ortho nitro benzene ring substituents is 1. The molecule has 1 atom stereocenters. The summed E-state index contributed by atoms with van der Waals surface area (Å²) in [7, 11) is -3.83. The molecule has 1 aliphatic rings. The zero-order chi connectivity index (χ0) is 19.3. The highest BCUT2D eigenvalue weighted by molar-refractivity contribution is 7.89. The number of rotatable bonds is 7. The van der Waals surface area contributed by atoms with Crippen LogP contribution in [-0.2, 0) is 14.8 Å². The summed E-state index contributed by atoms with van der Waals surface area (Å²) in [6.07, 6.45) is 0. The van der Waals surface area contributed by atoms with Crippen molar-refractivity contribution >= 4 is 15.7 Å². The zero-order valence-electron chi connectivity index (χ0n) is 14.7. The van der Waals surface area contributed by atoms with Gasteiger partial charge in [-0.2, -0.15) is 0 Å². The first kappa shape index (κ1) is 19.4. The molecule has 1 heterocycles. The van der Waals surface area contributed by atoms with Gasteiger partial charge in [-0.15, -0.1) is 0 Å². The first-order valence-electron chi connectivity index (χ1n) is 8.57. The van der Waals surface area contributed by atoms with E-state index < -0.39 is 21.0 Å². The Kier molecular flexibility index (Phi) is 6.17. The van der Waals surface area contributed by atoms with Crippen LogP contribution >= 0.6 is 0 Å². The lowest BCUT2D eigenvalue weighted by molar-refractivity contribution is -0.384. The molecule has 0 aliphatic carbocycles. The molecule has 0 saturated carbocycles. The van der Waals surface area contributed by atoms with E-state index in [1.54, 1.807) is 0 Å². The summed E-state index contributed by atoms with van der Waals surface area (Å²) in [4.78, 5) is 12.4. The standard InChI is InChI=1S/C18H21N3O5S/c22-21(23)16-6-8-17(9-7-16)27(24,25)19-18(15-4-2-1-3-5-15)14-20-10-12-26-13-11-20/h1-9,18-19H,10-14H2. The highest BCUT2D eigenvalue weighted by Gasteiger charge is 2.25. The summed E-state index contributed by atoms with van der Waals surface area (Å²) >= 11 is 0. The number of nitrogens with one attached hydrogen (secondary N) is 1. The molecule has 0 spiro atoms. The van der Waals surface area contributed by atoms with E-state index in [2.05, 4.69) is 9.62 Å². The summed E-state index contributed by atoms with van der Waals surface area (Å²) in [5.74, 6) is 0. The largest absolute Gasteiger partial charge is 0.379 e. The average Bonchev–Trinajstić information content (AvgIpc) is 2.69. The molecule has 1 aliphatic heterocycles. The van der Waals surface area contributed by atoms with E-state index in [1.165, 1.54) is 24.3 Å². The van der Waals surface area contributed by atoms with Gasteiger partial charge in [-0.05, 0) is 17.7 Å². The highest BCUT2D eigenvalue weighted by Crippen LogP contribution is 2.21. The fourth-order valence-electron chi connectivity index (χ4n) is 2.94. The quantitative estimate of drug-likeness (QED) is 0.572. The predicted molar refractivity (Wildman–Crippen MR) is 99.9 cm³/mol. The van der Waals surface area contributed by atoms with Crippen LogP contribution in [-0.4, -0.2) is 51.1 Å². The second-order valence-electron chi connectivity index (χ2n) is 6.25. The van der Waals surface area contributed by atoms with Gasteiger partial charge in [-0.3, -0.25) is 15.0 Å². The topological polar surface area (TPSA) is 102 Å². The molecule has 0 amide bonds. The lowest BCUT2D eigenvalue weighted by atomic mass is 10.1. The van der Waals surface area contributed by atoms with E-state index in [1.807, 2.05) is 30.3 Å². The molecule has 1 saturated heterocycles. The number of nitrogens with zero attached hydrogens (tertiary/aromatic N) is 2. The fraction of sp³-hybridized carbons (Fsp3) is 0.333. The number of sulfonamides is 1. The van der Waals surface area contributed by atoms with Crippen molar-refractivity contribution in [1.82, 2.24) is 9.62 Å². The molecule has 0 aromatic heterocycles. The third-order valence-corrected chi connectivity index (χ3v) is 5.89. The molecule has 144 valence electrons. The first-order chi connectivity index (χ1) is 13.0. The van der Waals surface area contributed by atoms with Gasteiger partial charge in [0, 0.05) is 31.8 Å². The van der Waals surface area contributed by atoms with Gasteiger partial charge in [-0.1, -0.05) is 30.3 Å². The molecule has 1 unspecified atom stereocenters. The van der Waals surface area contributed by atoms with Crippen molar-refractivity contribution in [3.63, 3.8) is 0 Å². The van der Waals surface area contributed by atoms with Crippen molar-refractivity contribution in [2.24, 2.45) is 0 Å². The van der Waals surface area contributed by atoms with Crippen molar-refractivity contribution in [3.05, 3.63) is 70.3 Å². The second-order valence-corrected chi connectivity index (χ2v) is 7.96. The normalized spacial score (nSPS) is 16.7. The molecule has 1 N–H and O–H groups in total. The van der Waals surface area contributed by atoms with E-state index in [0.717, 1.165) is 18.7 Å². The highest BCUT2D eigenvalue weighted by atomic mass is 32.2. The van der Waals surface area contributed by atoms with Crippen molar-refractivity contribution in [2.45, 2.75) is 10.9 Å². The van der Waals surface area contributed by atoms with Crippen molar-refractivity contribution in [3.8, 4) is 0 Å². The lowest BCUT2D eigenvalue weighted by Gasteiger charge is -2.31. The Morgan fingerprint density at radius 1 is 1.07 bits per heavy atom. The number of hydrogen-bond acceptors (Lipinski definition) is 6. The van der Waals surface area contributed by atoms with Crippen LogP contribution in [0, 0.1) is 10.1 Å².